The number of ether oxygens (including phenoxy) is 2. The maximum absolute atomic E-state index is 13.7. The molecule has 2 N–H and O–H groups in total. The molecule has 0 heterocycles. The van der Waals surface area contributed by atoms with Crippen LogP contribution >= 0.6 is 0 Å². The number of carbonyl (C=O) groups excluding carboxylic acids is 2. The number of nitrogens with one attached hydrogen (secondary N) is 2. The fourth-order valence-electron chi connectivity index (χ4n) is 2.66. The molecule has 3 aromatic rings. The summed E-state index contributed by atoms with van der Waals surface area (Å²) in [6.07, 6.45) is 0. The van der Waals surface area contributed by atoms with E-state index in [0.717, 1.165) is 0 Å². The molecule has 3 aromatic carbocycles. The summed E-state index contributed by atoms with van der Waals surface area (Å²) in [5.74, 6) is -0.479. The maximum Gasteiger partial charge on any atom is 0.255 e. The molecular weight excluding hydrogens is 375 g/mol. The smallest absolute Gasteiger partial charge is 0.255 e. The summed E-state index contributed by atoms with van der Waals surface area (Å²) in [6.45, 7) is 0. The number of rotatable bonds is 6. The van der Waals surface area contributed by atoms with Crippen LogP contribution in [0.2, 0.25) is 0 Å². The Bertz CT molecular complexity index is 1050. The number of para-hydroxylation sites is 1. The van der Waals surface area contributed by atoms with Crippen LogP contribution in [0.5, 0.6) is 11.5 Å². The largest absolute Gasteiger partial charge is 0.497 e. The number of halogens is 1. The van der Waals surface area contributed by atoms with Crippen molar-refractivity contribution in [1.82, 2.24) is 0 Å². The molecule has 7 heteroatoms. The summed E-state index contributed by atoms with van der Waals surface area (Å²) in [6, 6.07) is 17.0. The molecule has 29 heavy (non-hydrogen) atoms. The molecule has 2 amide bonds. The van der Waals surface area contributed by atoms with Crippen molar-refractivity contribution in [3.8, 4) is 11.5 Å². The molecule has 0 aromatic heterocycles. The number of hydrogen-bond acceptors (Lipinski definition) is 4. The number of benzene rings is 3. The lowest BCUT2D eigenvalue weighted by Gasteiger charge is -2.12. The van der Waals surface area contributed by atoms with E-state index in [2.05, 4.69) is 10.6 Å². The fourth-order valence-corrected chi connectivity index (χ4v) is 2.66. The SMILES string of the molecule is COc1ccc(OC)c(NC(=O)c2cccc(C(=O)Nc3ccccc3F)c2)c1. The number of carbonyl (C=O) groups is 2. The van der Waals surface area contributed by atoms with E-state index in [9.17, 15) is 14.0 Å². The van der Waals surface area contributed by atoms with Crippen molar-refractivity contribution in [3.05, 3.63) is 83.7 Å². The van der Waals surface area contributed by atoms with Crippen molar-refractivity contribution in [2.24, 2.45) is 0 Å². The topological polar surface area (TPSA) is 76.7 Å². The third-order valence-corrected chi connectivity index (χ3v) is 4.16. The van der Waals surface area contributed by atoms with Gasteiger partial charge in [-0.05, 0) is 42.5 Å². The number of hydrogen-bond donors (Lipinski definition) is 2. The molecule has 0 saturated carbocycles. The highest BCUT2D eigenvalue weighted by atomic mass is 19.1. The van der Waals surface area contributed by atoms with Crippen LogP contribution < -0.4 is 20.1 Å². The Morgan fingerprint density at radius 2 is 1.41 bits per heavy atom. The molecule has 0 spiro atoms. The van der Waals surface area contributed by atoms with Crippen LogP contribution in [0.15, 0.2) is 66.7 Å². The normalized spacial score (nSPS) is 10.2. The minimum Gasteiger partial charge on any atom is -0.497 e. The Labute approximate surface area is 167 Å². The second-order valence-electron chi connectivity index (χ2n) is 6.04. The van der Waals surface area contributed by atoms with Gasteiger partial charge in [0.05, 0.1) is 25.6 Å². The van der Waals surface area contributed by atoms with Gasteiger partial charge in [0, 0.05) is 17.2 Å². The molecule has 0 atom stereocenters. The highest BCUT2D eigenvalue weighted by molar-refractivity contribution is 6.09. The third kappa shape index (κ3) is 4.70. The predicted octanol–water partition coefficient (Wildman–Crippen LogP) is 4.35. The van der Waals surface area contributed by atoms with Gasteiger partial charge in [-0.1, -0.05) is 18.2 Å². The maximum atomic E-state index is 13.7. The van der Waals surface area contributed by atoms with Crippen LogP contribution in [0, 0.1) is 5.82 Å². The van der Waals surface area contributed by atoms with Gasteiger partial charge in [0.2, 0.25) is 0 Å². The molecule has 6 nitrogen and oxygen atoms in total. The van der Waals surface area contributed by atoms with E-state index >= 15 is 0 Å². The Morgan fingerprint density at radius 3 is 2.03 bits per heavy atom. The molecule has 0 radical (unpaired) electrons. The summed E-state index contributed by atoms with van der Waals surface area (Å²) in [4.78, 5) is 25.1. The van der Waals surface area contributed by atoms with Crippen LogP contribution in [-0.2, 0) is 0 Å². The van der Waals surface area contributed by atoms with Gasteiger partial charge in [0.1, 0.15) is 17.3 Å². The number of methoxy groups -OCH3 is 2. The first kappa shape index (κ1) is 19.9. The highest BCUT2D eigenvalue weighted by Crippen LogP contribution is 2.29. The van der Waals surface area contributed by atoms with Crippen LogP contribution in [0.3, 0.4) is 0 Å². The first-order valence-electron chi connectivity index (χ1n) is 8.71. The average molecular weight is 394 g/mol. The molecule has 0 aliphatic rings. The zero-order valence-corrected chi connectivity index (χ0v) is 15.9. The van der Waals surface area contributed by atoms with E-state index in [4.69, 9.17) is 9.47 Å². The van der Waals surface area contributed by atoms with Crippen LogP contribution in [0.1, 0.15) is 20.7 Å². The van der Waals surface area contributed by atoms with Crippen molar-refractivity contribution in [3.63, 3.8) is 0 Å². The molecule has 148 valence electrons. The van der Waals surface area contributed by atoms with Gasteiger partial charge in [-0.2, -0.15) is 0 Å². The zero-order valence-electron chi connectivity index (χ0n) is 15.9. The Hall–Kier alpha value is -3.87. The lowest BCUT2D eigenvalue weighted by Crippen LogP contribution is -2.16. The number of anilines is 2. The minimum absolute atomic E-state index is 0.0634. The second kappa shape index (κ2) is 8.88. The Morgan fingerprint density at radius 1 is 0.759 bits per heavy atom. The summed E-state index contributed by atoms with van der Waals surface area (Å²) >= 11 is 0. The van der Waals surface area contributed by atoms with Crippen LogP contribution in [0.4, 0.5) is 15.8 Å². The fraction of sp³-hybridized carbons (Fsp3) is 0.0909. The van der Waals surface area contributed by atoms with E-state index < -0.39 is 17.6 Å². The summed E-state index contributed by atoms with van der Waals surface area (Å²) in [7, 11) is 3.01. The van der Waals surface area contributed by atoms with E-state index in [1.54, 1.807) is 42.5 Å². The van der Waals surface area contributed by atoms with Crippen molar-refractivity contribution >= 4 is 23.2 Å². The predicted molar refractivity (Wildman–Crippen MR) is 108 cm³/mol. The first-order chi connectivity index (χ1) is 14.0. The minimum atomic E-state index is -0.542. The first-order valence-corrected chi connectivity index (χ1v) is 8.71. The zero-order chi connectivity index (χ0) is 20.8. The second-order valence-corrected chi connectivity index (χ2v) is 6.04. The van der Waals surface area contributed by atoms with Gasteiger partial charge in [0.15, 0.2) is 0 Å². The molecule has 0 bridgehead atoms. The molecule has 3 rings (SSSR count). The van der Waals surface area contributed by atoms with Crippen LogP contribution in [0.25, 0.3) is 0 Å². The van der Waals surface area contributed by atoms with Gasteiger partial charge < -0.3 is 20.1 Å². The van der Waals surface area contributed by atoms with E-state index in [1.165, 1.54) is 38.5 Å². The molecule has 0 aliphatic heterocycles. The molecule has 0 aliphatic carbocycles. The molecule has 0 fully saturated rings. The van der Waals surface area contributed by atoms with Crippen molar-refractivity contribution in [1.29, 1.82) is 0 Å². The van der Waals surface area contributed by atoms with Gasteiger partial charge in [-0.15, -0.1) is 0 Å². The summed E-state index contributed by atoms with van der Waals surface area (Å²) in [5, 5.41) is 5.24. The van der Waals surface area contributed by atoms with Gasteiger partial charge in [0.25, 0.3) is 11.8 Å². The van der Waals surface area contributed by atoms with Crippen molar-refractivity contribution in [2.45, 2.75) is 0 Å². The standard InChI is InChI=1S/C22H19FN2O4/c1-28-16-10-11-20(29-2)19(13-16)25-22(27)15-7-5-6-14(12-15)21(26)24-18-9-4-3-8-17(18)23/h3-13H,1-2H3,(H,24,26)(H,25,27). The lowest BCUT2D eigenvalue weighted by molar-refractivity contribution is 0.102. The Balaban J connectivity index is 1.79. The molecule has 0 unspecified atom stereocenters. The van der Waals surface area contributed by atoms with Crippen LogP contribution in [-0.4, -0.2) is 26.0 Å². The number of amides is 2. The molecule has 0 saturated heterocycles. The third-order valence-electron chi connectivity index (χ3n) is 4.16. The Kier molecular flexibility index (Phi) is 6.09. The van der Waals surface area contributed by atoms with Crippen molar-refractivity contribution < 1.29 is 23.5 Å². The summed E-state index contributed by atoms with van der Waals surface area (Å²) in [5.41, 5.74) is 0.973. The van der Waals surface area contributed by atoms with Gasteiger partial charge in [-0.3, -0.25) is 9.59 Å². The van der Waals surface area contributed by atoms with Crippen molar-refractivity contribution in [2.75, 3.05) is 24.9 Å². The highest BCUT2D eigenvalue weighted by Gasteiger charge is 2.14. The summed E-state index contributed by atoms with van der Waals surface area (Å²) < 4.78 is 24.2. The monoisotopic (exact) mass is 394 g/mol. The lowest BCUT2D eigenvalue weighted by atomic mass is 10.1. The van der Waals surface area contributed by atoms with Gasteiger partial charge in [-0.25, -0.2) is 4.39 Å². The average Bonchev–Trinajstić information content (AvgIpc) is 2.75. The molecular formula is C22H19FN2O4. The quantitative estimate of drug-likeness (QED) is 0.652. The van der Waals surface area contributed by atoms with E-state index in [1.807, 2.05) is 0 Å². The van der Waals surface area contributed by atoms with E-state index in [-0.39, 0.29) is 16.8 Å². The van der Waals surface area contributed by atoms with Gasteiger partial charge >= 0.3 is 0 Å². The van der Waals surface area contributed by atoms with E-state index in [0.29, 0.717) is 17.2 Å².